The minimum absolute atomic E-state index is 0.845. The number of rotatable bonds is 5. The Morgan fingerprint density at radius 3 is 2.19 bits per heavy atom. The fourth-order valence-corrected chi connectivity index (χ4v) is 5.43. The van der Waals surface area contributed by atoms with Crippen LogP contribution in [0.3, 0.4) is 0 Å². The molecule has 3 heteroatoms. The zero-order chi connectivity index (χ0) is 21.4. The summed E-state index contributed by atoms with van der Waals surface area (Å²) in [5.41, 5.74) is 17.5. The molecular formula is C28H24N2S. The molecule has 31 heavy (non-hydrogen) atoms. The van der Waals surface area contributed by atoms with Crippen molar-refractivity contribution in [3.05, 3.63) is 120 Å². The van der Waals surface area contributed by atoms with Crippen LogP contribution in [-0.4, -0.2) is 0 Å². The Hall–Kier alpha value is -3.24. The van der Waals surface area contributed by atoms with Crippen LogP contribution in [0.25, 0.3) is 31.3 Å². The van der Waals surface area contributed by atoms with Crippen molar-refractivity contribution in [2.75, 3.05) is 0 Å². The first-order valence-electron chi connectivity index (χ1n) is 10.4. The van der Waals surface area contributed by atoms with Crippen LogP contribution >= 0.6 is 11.3 Å². The summed E-state index contributed by atoms with van der Waals surface area (Å²) in [4.78, 5) is 0. The minimum atomic E-state index is -1.03. The van der Waals surface area contributed by atoms with Gasteiger partial charge in [-0.15, -0.1) is 17.9 Å². The van der Waals surface area contributed by atoms with Crippen LogP contribution < -0.4 is 11.5 Å². The van der Waals surface area contributed by atoms with Gasteiger partial charge in [-0.2, -0.15) is 0 Å². The maximum absolute atomic E-state index is 6.53. The number of hydrogen-bond donors (Lipinski definition) is 2. The van der Waals surface area contributed by atoms with E-state index < -0.39 is 5.66 Å². The first-order valence-corrected chi connectivity index (χ1v) is 11.2. The quantitative estimate of drug-likeness (QED) is 0.250. The van der Waals surface area contributed by atoms with Crippen molar-refractivity contribution < 1.29 is 0 Å². The van der Waals surface area contributed by atoms with Gasteiger partial charge >= 0.3 is 0 Å². The predicted molar refractivity (Wildman–Crippen MR) is 134 cm³/mol. The van der Waals surface area contributed by atoms with Gasteiger partial charge in [0.2, 0.25) is 0 Å². The Bertz CT molecular complexity index is 1380. The molecule has 0 aliphatic rings. The monoisotopic (exact) mass is 420 g/mol. The van der Waals surface area contributed by atoms with E-state index in [1.165, 1.54) is 31.3 Å². The van der Waals surface area contributed by atoms with Gasteiger partial charge in [-0.1, -0.05) is 84.9 Å². The third-order valence-corrected chi connectivity index (χ3v) is 6.96. The number of fused-ring (bicyclic) bond motifs is 3. The van der Waals surface area contributed by atoms with E-state index in [4.69, 9.17) is 11.5 Å². The van der Waals surface area contributed by atoms with E-state index in [1.807, 2.05) is 59.9 Å². The topological polar surface area (TPSA) is 52.0 Å². The average molecular weight is 421 g/mol. The third-order valence-electron chi connectivity index (χ3n) is 5.84. The Balaban J connectivity index is 1.66. The molecule has 0 saturated heterocycles. The third kappa shape index (κ3) is 3.47. The van der Waals surface area contributed by atoms with Crippen LogP contribution in [0.1, 0.15) is 16.7 Å². The van der Waals surface area contributed by atoms with Gasteiger partial charge in [0, 0.05) is 20.2 Å². The highest BCUT2D eigenvalue weighted by Gasteiger charge is 2.24. The Morgan fingerprint density at radius 2 is 1.45 bits per heavy atom. The molecule has 4 aromatic carbocycles. The second-order valence-electron chi connectivity index (χ2n) is 7.92. The summed E-state index contributed by atoms with van der Waals surface area (Å²) in [6, 6.07) is 31.4. The highest BCUT2D eigenvalue weighted by atomic mass is 32.1. The standard InChI is InChI=1S/C28H24N2S/c1-2-8-19-17-24(27-23-11-6-7-12-25(23)31-26(27)18-19)20-13-15-22(16-14-20)28(29,30)21-9-4-3-5-10-21/h2-7,9-18H,1,8,29-30H2. The number of nitrogens with two attached hydrogens (primary N) is 2. The van der Waals surface area contributed by atoms with Crippen molar-refractivity contribution in [1.29, 1.82) is 0 Å². The van der Waals surface area contributed by atoms with Gasteiger partial charge in [0.1, 0.15) is 5.66 Å². The average Bonchev–Trinajstić information content (AvgIpc) is 3.18. The summed E-state index contributed by atoms with van der Waals surface area (Å²) in [6.07, 6.45) is 2.80. The molecule has 0 fully saturated rings. The molecule has 152 valence electrons. The molecule has 1 heterocycles. The van der Waals surface area contributed by atoms with Gasteiger partial charge in [-0.25, -0.2) is 0 Å². The van der Waals surface area contributed by atoms with Crippen molar-refractivity contribution in [2.45, 2.75) is 12.1 Å². The normalized spacial score (nSPS) is 11.8. The highest BCUT2D eigenvalue weighted by molar-refractivity contribution is 7.25. The SMILES string of the molecule is C=CCc1cc(-c2ccc(C(N)(N)c3ccccc3)cc2)c2c(c1)sc1ccccc12. The van der Waals surface area contributed by atoms with Crippen LogP contribution in [-0.2, 0) is 12.1 Å². The number of benzene rings is 4. The van der Waals surface area contributed by atoms with E-state index in [1.54, 1.807) is 0 Å². The number of thiophene rings is 1. The summed E-state index contributed by atoms with van der Waals surface area (Å²) < 4.78 is 2.61. The van der Waals surface area contributed by atoms with Gasteiger partial charge in [-0.3, -0.25) is 0 Å². The smallest absolute Gasteiger partial charge is 0.116 e. The molecule has 0 spiro atoms. The molecule has 0 radical (unpaired) electrons. The zero-order valence-corrected chi connectivity index (χ0v) is 18.0. The molecule has 0 aliphatic heterocycles. The summed E-state index contributed by atoms with van der Waals surface area (Å²) in [5.74, 6) is 0. The van der Waals surface area contributed by atoms with Gasteiger partial charge in [0.15, 0.2) is 0 Å². The molecule has 0 amide bonds. The van der Waals surface area contributed by atoms with Gasteiger partial charge in [0.05, 0.1) is 0 Å². The lowest BCUT2D eigenvalue weighted by molar-refractivity contribution is 0.568. The largest absolute Gasteiger partial charge is 0.306 e. The maximum Gasteiger partial charge on any atom is 0.116 e. The van der Waals surface area contributed by atoms with E-state index in [0.717, 1.165) is 23.1 Å². The van der Waals surface area contributed by atoms with Crippen LogP contribution in [0.2, 0.25) is 0 Å². The minimum Gasteiger partial charge on any atom is -0.306 e. The van der Waals surface area contributed by atoms with Crippen molar-refractivity contribution in [2.24, 2.45) is 11.5 Å². The van der Waals surface area contributed by atoms with E-state index in [9.17, 15) is 0 Å². The molecule has 4 N–H and O–H groups in total. The van der Waals surface area contributed by atoms with Crippen molar-refractivity contribution >= 4 is 31.5 Å². The highest BCUT2D eigenvalue weighted by Crippen LogP contribution is 2.41. The summed E-state index contributed by atoms with van der Waals surface area (Å²) in [5, 5.41) is 2.60. The van der Waals surface area contributed by atoms with Crippen LogP contribution in [0.4, 0.5) is 0 Å². The maximum atomic E-state index is 6.53. The lowest BCUT2D eigenvalue weighted by Crippen LogP contribution is -2.47. The molecule has 0 unspecified atom stereocenters. The molecule has 0 atom stereocenters. The zero-order valence-electron chi connectivity index (χ0n) is 17.2. The molecule has 2 nitrogen and oxygen atoms in total. The molecule has 0 bridgehead atoms. The Labute approximate surface area is 186 Å². The van der Waals surface area contributed by atoms with Gasteiger partial charge < -0.3 is 11.5 Å². The summed E-state index contributed by atoms with van der Waals surface area (Å²) in [6.45, 7) is 3.92. The van der Waals surface area contributed by atoms with E-state index >= 15 is 0 Å². The molecule has 5 rings (SSSR count). The number of allylic oxidation sites excluding steroid dienone is 1. The molecule has 1 aromatic heterocycles. The van der Waals surface area contributed by atoms with E-state index in [-0.39, 0.29) is 0 Å². The van der Waals surface area contributed by atoms with Crippen molar-refractivity contribution in [1.82, 2.24) is 0 Å². The molecule has 0 aliphatic carbocycles. The first kappa shape index (κ1) is 19.7. The van der Waals surface area contributed by atoms with Crippen molar-refractivity contribution in [3.8, 4) is 11.1 Å². The summed E-state index contributed by atoms with van der Waals surface area (Å²) >= 11 is 1.84. The molecule has 5 aromatic rings. The second-order valence-corrected chi connectivity index (χ2v) is 9.00. The fourth-order valence-electron chi connectivity index (χ4n) is 4.23. The number of hydrogen-bond acceptors (Lipinski definition) is 3. The van der Waals surface area contributed by atoms with Crippen LogP contribution in [0.5, 0.6) is 0 Å². The van der Waals surface area contributed by atoms with E-state index in [0.29, 0.717) is 0 Å². The lowest BCUT2D eigenvalue weighted by Gasteiger charge is -2.26. The van der Waals surface area contributed by atoms with E-state index in [2.05, 4.69) is 55.1 Å². The van der Waals surface area contributed by atoms with Gasteiger partial charge in [-0.05, 0) is 46.4 Å². The predicted octanol–water partition coefficient (Wildman–Crippen LogP) is 6.57. The first-order chi connectivity index (χ1) is 15.1. The fraction of sp³-hybridized carbons (Fsp3) is 0.0714. The molecule has 0 saturated carbocycles. The Morgan fingerprint density at radius 1 is 0.774 bits per heavy atom. The van der Waals surface area contributed by atoms with Crippen molar-refractivity contribution in [3.63, 3.8) is 0 Å². The second kappa shape index (κ2) is 7.78. The van der Waals surface area contributed by atoms with Crippen LogP contribution in [0, 0.1) is 0 Å². The lowest BCUT2D eigenvalue weighted by atomic mass is 9.90. The summed E-state index contributed by atoms with van der Waals surface area (Å²) in [7, 11) is 0. The Kier molecular flexibility index (Phi) is 4.95. The molecular weight excluding hydrogens is 396 g/mol. The van der Waals surface area contributed by atoms with Crippen LogP contribution in [0.15, 0.2) is 104 Å². The van der Waals surface area contributed by atoms with Gasteiger partial charge in [0.25, 0.3) is 0 Å².